The minimum atomic E-state index is 0.447. The summed E-state index contributed by atoms with van der Waals surface area (Å²) in [4.78, 5) is 10.5. The van der Waals surface area contributed by atoms with Crippen LogP contribution in [0.3, 0.4) is 0 Å². The molecule has 0 spiro atoms. The van der Waals surface area contributed by atoms with E-state index in [1.165, 1.54) is 16.5 Å². The van der Waals surface area contributed by atoms with E-state index < -0.39 is 0 Å². The predicted octanol–water partition coefficient (Wildman–Crippen LogP) is 3.27. The fourth-order valence-corrected chi connectivity index (χ4v) is 2.12. The monoisotopic (exact) mass is 215 g/mol. The molecule has 0 fully saturated rings. The Bertz CT molecular complexity index is 523. The largest absolute Gasteiger partial charge is 0.345 e. The predicted molar refractivity (Wildman–Crippen MR) is 66.8 cm³/mol. The molecule has 0 aliphatic carbocycles. The molecular formula is C14H17NO. The van der Waals surface area contributed by atoms with E-state index in [9.17, 15) is 4.79 Å². The summed E-state index contributed by atoms with van der Waals surface area (Å²) in [7, 11) is 0. The van der Waals surface area contributed by atoms with Gasteiger partial charge in [-0.3, -0.25) is 0 Å². The van der Waals surface area contributed by atoms with Crippen molar-refractivity contribution in [3.63, 3.8) is 0 Å². The van der Waals surface area contributed by atoms with Gasteiger partial charge in [0.2, 0.25) is 0 Å². The standard InChI is InChI=1S/C14H17NO/c1-10(2)15-9-11(3)13-5-4-12(6-7-16)8-14(13)15/h4-5,7-10H,6H2,1-3H3. The maximum atomic E-state index is 10.5. The molecule has 2 aromatic rings. The summed E-state index contributed by atoms with van der Waals surface area (Å²) in [6, 6.07) is 6.72. The maximum Gasteiger partial charge on any atom is 0.124 e. The van der Waals surface area contributed by atoms with Crippen LogP contribution in [0.2, 0.25) is 0 Å². The van der Waals surface area contributed by atoms with Gasteiger partial charge in [0.1, 0.15) is 6.29 Å². The number of hydrogen-bond acceptors (Lipinski definition) is 1. The highest BCUT2D eigenvalue weighted by atomic mass is 16.1. The lowest BCUT2D eigenvalue weighted by atomic mass is 10.1. The Labute approximate surface area is 95.9 Å². The van der Waals surface area contributed by atoms with E-state index in [4.69, 9.17) is 0 Å². The van der Waals surface area contributed by atoms with Gasteiger partial charge in [0.15, 0.2) is 0 Å². The van der Waals surface area contributed by atoms with Crippen molar-refractivity contribution in [2.45, 2.75) is 33.2 Å². The average Bonchev–Trinajstić information content (AvgIpc) is 2.57. The molecule has 2 heteroatoms. The third-order valence-corrected chi connectivity index (χ3v) is 2.97. The molecule has 0 aliphatic heterocycles. The third-order valence-electron chi connectivity index (χ3n) is 2.97. The first-order valence-electron chi connectivity index (χ1n) is 5.67. The smallest absolute Gasteiger partial charge is 0.124 e. The van der Waals surface area contributed by atoms with Crippen LogP contribution in [-0.4, -0.2) is 10.9 Å². The molecule has 2 rings (SSSR count). The summed E-state index contributed by atoms with van der Waals surface area (Å²) in [6.07, 6.45) is 3.63. The molecule has 0 aliphatic rings. The van der Waals surface area contributed by atoms with E-state index in [2.05, 4.69) is 43.7 Å². The molecule has 0 saturated heterocycles. The maximum absolute atomic E-state index is 10.5. The number of benzene rings is 1. The van der Waals surface area contributed by atoms with E-state index in [0.29, 0.717) is 12.5 Å². The molecule has 0 amide bonds. The zero-order chi connectivity index (χ0) is 11.7. The molecule has 0 bridgehead atoms. The third kappa shape index (κ3) is 1.75. The summed E-state index contributed by atoms with van der Waals surface area (Å²) >= 11 is 0. The van der Waals surface area contributed by atoms with Crippen LogP contribution in [0.25, 0.3) is 10.9 Å². The van der Waals surface area contributed by atoms with E-state index >= 15 is 0 Å². The van der Waals surface area contributed by atoms with Crippen LogP contribution in [0, 0.1) is 6.92 Å². The van der Waals surface area contributed by atoms with Crippen molar-refractivity contribution in [3.05, 3.63) is 35.5 Å². The highest BCUT2D eigenvalue weighted by Crippen LogP contribution is 2.25. The normalized spacial score (nSPS) is 11.2. The lowest BCUT2D eigenvalue weighted by Gasteiger charge is -2.09. The Balaban J connectivity index is 2.64. The molecular weight excluding hydrogens is 198 g/mol. The molecule has 16 heavy (non-hydrogen) atoms. The van der Waals surface area contributed by atoms with E-state index in [-0.39, 0.29) is 0 Å². The molecule has 2 nitrogen and oxygen atoms in total. The zero-order valence-corrected chi connectivity index (χ0v) is 10.0. The van der Waals surface area contributed by atoms with Gasteiger partial charge >= 0.3 is 0 Å². The fraction of sp³-hybridized carbons (Fsp3) is 0.357. The van der Waals surface area contributed by atoms with Gasteiger partial charge in [-0.15, -0.1) is 0 Å². The highest BCUT2D eigenvalue weighted by Gasteiger charge is 2.08. The Morgan fingerprint density at radius 1 is 1.38 bits per heavy atom. The van der Waals surface area contributed by atoms with Gasteiger partial charge in [0.05, 0.1) is 0 Å². The van der Waals surface area contributed by atoms with Crippen LogP contribution in [-0.2, 0) is 11.2 Å². The van der Waals surface area contributed by atoms with Gasteiger partial charge in [-0.1, -0.05) is 12.1 Å². The number of carbonyl (C=O) groups is 1. The van der Waals surface area contributed by atoms with Crippen molar-refractivity contribution >= 4 is 17.2 Å². The van der Waals surface area contributed by atoms with Gasteiger partial charge in [0.25, 0.3) is 0 Å². The van der Waals surface area contributed by atoms with Crippen molar-refractivity contribution < 1.29 is 4.79 Å². The second-order valence-electron chi connectivity index (χ2n) is 4.54. The van der Waals surface area contributed by atoms with Crippen LogP contribution >= 0.6 is 0 Å². The van der Waals surface area contributed by atoms with Crippen LogP contribution in [0.5, 0.6) is 0 Å². The Morgan fingerprint density at radius 2 is 2.12 bits per heavy atom. The molecule has 84 valence electrons. The zero-order valence-electron chi connectivity index (χ0n) is 10.0. The second-order valence-corrected chi connectivity index (χ2v) is 4.54. The summed E-state index contributed by atoms with van der Waals surface area (Å²) in [5.41, 5.74) is 3.61. The first-order valence-corrected chi connectivity index (χ1v) is 5.67. The molecule has 1 heterocycles. The summed E-state index contributed by atoms with van der Waals surface area (Å²) in [6.45, 7) is 6.47. The van der Waals surface area contributed by atoms with E-state index in [1.54, 1.807) is 0 Å². The number of rotatable bonds is 3. The number of aromatic nitrogens is 1. The van der Waals surface area contributed by atoms with Gasteiger partial charge in [-0.05, 0) is 38.0 Å². The number of fused-ring (bicyclic) bond motifs is 1. The SMILES string of the molecule is Cc1cn(C(C)C)c2cc(CC=O)ccc12. The summed E-state index contributed by atoms with van der Waals surface area (Å²) in [5.74, 6) is 0. The second kappa shape index (κ2) is 4.12. The first kappa shape index (κ1) is 10.9. The molecule has 0 N–H and O–H groups in total. The highest BCUT2D eigenvalue weighted by molar-refractivity contribution is 5.85. The molecule has 0 radical (unpaired) electrons. The Morgan fingerprint density at radius 3 is 2.75 bits per heavy atom. The van der Waals surface area contributed by atoms with Crippen molar-refractivity contribution in [2.24, 2.45) is 0 Å². The number of carbonyl (C=O) groups excluding carboxylic acids is 1. The number of aryl methyl sites for hydroxylation is 1. The van der Waals surface area contributed by atoms with Crippen LogP contribution in [0.4, 0.5) is 0 Å². The van der Waals surface area contributed by atoms with Crippen molar-refractivity contribution in [2.75, 3.05) is 0 Å². The summed E-state index contributed by atoms with van der Waals surface area (Å²) < 4.78 is 2.26. The topological polar surface area (TPSA) is 22.0 Å². The quantitative estimate of drug-likeness (QED) is 0.720. The van der Waals surface area contributed by atoms with Gasteiger partial charge in [-0.2, -0.15) is 0 Å². The number of nitrogens with zero attached hydrogens (tertiary/aromatic N) is 1. The molecule has 0 unspecified atom stereocenters. The molecule has 1 aromatic carbocycles. The van der Waals surface area contributed by atoms with Gasteiger partial charge in [0, 0.05) is 29.6 Å². The van der Waals surface area contributed by atoms with Crippen LogP contribution in [0.1, 0.15) is 31.0 Å². The number of aldehydes is 1. The van der Waals surface area contributed by atoms with E-state index in [1.807, 2.05) is 6.07 Å². The molecule has 0 atom stereocenters. The lowest BCUT2D eigenvalue weighted by Crippen LogP contribution is -1.98. The van der Waals surface area contributed by atoms with Crippen molar-refractivity contribution in [3.8, 4) is 0 Å². The fourth-order valence-electron chi connectivity index (χ4n) is 2.12. The lowest BCUT2D eigenvalue weighted by molar-refractivity contribution is -0.107. The minimum absolute atomic E-state index is 0.447. The van der Waals surface area contributed by atoms with Gasteiger partial charge in [-0.25, -0.2) is 0 Å². The minimum Gasteiger partial charge on any atom is -0.345 e. The first-order chi connectivity index (χ1) is 7.63. The number of hydrogen-bond donors (Lipinski definition) is 0. The Hall–Kier alpha value is -1.57. The van der Waals surface area contributed by atoms with Crippen molar-refractivity contribution in [1.82, 2.24) is 4.57 Å². The average molecular weight is 215 g/mol. The molecule has 0 saturated carbocycles. The van der Waals surface area contributed by atoms with Crippen LogP contribution < -0.4 is 0 Å². The van der Waals surface area contributed by atoms with Crippen LogP contribution in [0.15, 0.2) is 24.4 Å². The Kier molecular flexibility index (Phi) is 2.82. The molecule has 1 aromatic heterocycles. The van der Waals surface area contributed by atoms with E-state index in [0.717, 1.165) is 11.8 Å². The van der Waals surface area contributed by atoms with Crippen molar-refractivity contribution in [1.29, 1.82) is 0 Å². The van der Waals surface area contributed by atoms with Gasteiger partial charge < -0.3 is 9.36 Å². The summed E-state index contributed by atoms with van der Waals surface area (Å²) in [5, 5.41) is 1.28.